The molecule has 0 N–H and O–H groups in total. The van der Waals surface area contributed by atoms with Gasteiger partial charge >= 0.3 is 0 Å². The maximum atomic E-state index is 13.2. The molecule has 2 aromatic carbocycles. The van der Waals surface area contributed by atoms with E-state index in [0.717, 1.165) is 23.9 Å². The smallest absolute Gasteiger partial charge is 0.250 e. The summed E-state index contributed by atoms with van der Waals surface area (Å²) in [6.07, 6.45) is 1.91. The van der Waals surface area contributed by atoms with Gasteiger partial charge in [0, 0.05) is 11.7 Å². The Morgan fingerprint density at radius 2 is 1.72 bits per heavy atom. The van der Waals surface area contributed by atoms with Crippen molar-refractivity contribution in [3.05, 3.63) is 60.2 Å². The van der Waals surface area contributed by atoms with Crippen molar-refractivity contribution in [1.82, 2.24) is 0 Å². The summed E-state index contributed by atoms with van der Waals surface area (Å²) in [7, 11) is -3.60. The molecule has 0 aromatic heterocycles. The number of fused-ring (bicyclic) bond motifs is 1. The summed E-state index contributed by atoms with van der Waals surface area (Å²) in [5, 5.41) is 0. The second kappa shape index (κ2) is 6.52. The lowest BCUT2D eigenvalue weighted by molar-refractivity contribution is -0.119. The molecule has 3 rings (SSSR count). The summed E-state index contributed by atoms with van der Waals surface area (Å²) in [6, 6.07) is 15.7. The van der Waals surface area contributed by atoms with Crippen molar-refractivity contribution < 1.29 is 13.2 Å². The van der Waals surface area contributed by atoms with Gasteiger partial charge in [-0.25, -0.2) is 8.42 Å². The molecule has 1 amide bonds. The first-order chi connectivity index (χ1) is 11.8. The molecule has 1 aliphatic rings. The number of para-hydroxylation sites is 2. The number of anilines is 2. The molecule has 0 saturated carbocycles. The highest BCUT2D eigenvalue weighted by molar-refractivity contribution is 7.92. The van der Waals surface area contributed by atoms with E-state index in [4.69, 9.17) is 0 Å². The number of carbonyl (C=O) groups is 1. The van der Waals surface area contributed by atoms with Gasteiger partial charge in [-0.3, -0.25) is 9.10 Å². The lowest BCUT2D eigenvalue weighted by Crippen LogP contribution is -2.51. The van der Waals surface area contributed by atoms with E-state index in [1.807, 2.05) is 37.3 Å². The molecule has 0 fully saturated rings. The summed E-state index contributed by atoms with van der Waals surface area (Å²) in [6.45, 7) is 3.63. The molecule has 1 heterocycles. The van der Waals surface area contributed by atoms with Crippen molar-refractivity contribution in [3.63, 3.8) is 0 Å². The summed E-state index contributed by atoms with van der Waals surface area (Å²) in [4.78, 5) is 14.9. The normalized spacial score (nSPS) is 17.9. The fourth-order valence-corrected chi connectivity index (χ4v) is 4.65. The number of hydrogen-bond acceptors (Lipinski definition) is 3. The molecule has 0 spiro atoms. The average Bonchev–Trinajstić information content (AvgIpc) is 2.89. The standard InChI is InChI=1S/C19H22N2O3S/c1-14-13-16-9-7-8-12-18(16)20(14)19(22)15(2)21(25(3,23)24)17-10-5-4-6-11-17/h4-12,14-15H,13H2,1-3H3/t14-,15+/m1/s1. The number of amides is 1. The van der Waals surface area contributed by atoms with Crippen LogP contribution in [0.2, 0.25) is 0 Å². The van der Waals surface area contributed by atoms with Gasteiger partial charge in [-0.15, -0.1) is 0 Å². The van der Waals surface area contributed by atoms with Gasteiger partial charge in [0.2, 0.25) is 10.0 Å². The molecule has 2 atom stereocenters. The molecule has 0 unspecified atom stereocenters. The van der Waals surface area contributed by atoms with Crippen molar-refractivity contribution in [2.45, 2.75) is 32.4 Å². The largest absolute Gasteiger partial charge is 0.307 e. The van der Waals surface area contributed by atoms with Gasteiger partial charge in [-0.2, -0.15) is 0 Å². The predicted octanol–water partition coefficient (Wildman–Crippen LogP) is 2.82. The van der Waals surface area contributed by atoms with Crippen LogP contribution in [0.3, 0.4) is 0 Å². The third kappa shape index (κ3) is 3.26. The van der Waals surface area contributed by atoms with Gasteiger partial charge < -0.3 is 4.90 Å². The first kappa shape index (κ1) is 17.5. The number of nitrogens with zero attached hydrogens (tertiary/aromatic N) is 2. The Bertz CT molecular complexity index is 881. The zero-order valence-corrected chi connectivity index (χ0v) is 15.4. The first-order valence-corrected chi connectivity index (χ1v) is 10.1. The summed E-state index contributed by atoms with van der Waals surface area (Å²) >= 11 is 0. The number of carbonyl (C=O) groups excluding carboxylic acids is 1. The second-order valence-corrected chi connectivity index (χ2v) is 8.32. The highest BCUT2D eigenvalue weighted by Gasteiger charge is 2.37. The van der Waals surface area contributed by atoms with Crippen LogP contribution in [0, 0.1) is 0 Å². The highest BCUT2D eigenvalue weighted by atomic mass is 32.2. The molecule has 2 aromatic rings. The minimum Gasteiger partial charge on any atom is -0.307 e. The van der Waals surface area contributed by atoms with Gasteiger partial charge in [0.05, 0.1) is 11.9 Å². The SMILES string of the molecule is C[C@@H]1Cc2ccccc2N1C(=O)[C@H](C)N(c1ccccc1)S(C)(=O)=O. The second-order valence-electron chi connectivity index (χ2n) is 6.46. The van der Waals surface area contributed by atoms with Crippen LogP contribution in [0.5, 0.6) is 0 Å². The van der Waals surface area contributed by atoms with E-state index >= 15 is 0 Å². The molecular formula is C19H22N2O3S. The molecule has 0 saturated heterocycles. The Hall–Kier alpha value is -2.34. The molecule has 6 heteroatoms. The quantitative estimate of drug-likeness (QED) is 0.844. The van der Waals surface area contributed by atoms with E-state index in [1.54, 1.807) is 36.1 Å². The Balaban J connectivity index is 1.98. The highest BCUT2D eigenvalue weighted by Crippen LogP contribution is 2.33. The van der Waals surface area contributed by atoms with Crippen LogP contribution < -0.4 is 9.21 Å². The summed E-state index contributed by atoms with van der Waals surface area (Å²) < 4.78 is 25.9. The molecule has 0 aliphatic carbocycles. The Morgan fingerprint density at radius 3 is 2.36 bits per heavy atom. The fraction of sp³-hybridized carbons (Fsp3) is 0.316. The minimum absolute atomic E-state index is 0.00420. The van der Waals surface area contributed by atoms with Crippen LogP contribution in [0.4, 0.5) is 11.4 Å². The molecule has 1 aliphatic heterocycles. The predicted molar refractivity (Wildman–Crippen MR) is 100 cm³/mol. The van der Waals surface area contributed by atoms with E-state index in [-0.39, 0.29) is 11.9 Å². The Labute approximate surface area is 148 Å². The van der Waals surface area contributed by atoms with E-state index in [1.165, 1.54) is 4.31 Å². The number of sulfonamides is 1. The van der Waals surface area contributed by atoms with E-state index in [9.17, 15) is 13.2 Å². The van der Waals surface area contributed by atoms with Crippen molar-refractivity contribution in [3.8, 4) is 0 Å². The van der Waals surface area contributed by atoms with Crippen molar-refractivity contribution in [2.24, 2.45) is 0 Å². The van der Waals surface area contributed by atoms with Crippen LogP contribution in [0.1, 0.15) is 19.4 Å². The third-order valence-electron chi connectivity index (χ3n) is 4.52. The summed E-state index contributed by atoms with van der Waals surface area (Å²) in [5.74, 6) is -0.216. The van der Waals surface area contributed by atoms with Crippen LogP contribution >= 0.6 is 0 Å². The van der Waals surface area contributed by atoms with Gasteiger partial charge in [0.25, 0.3) is 5.91 Å². The van der Waals surface area contributed by atoms with Crippen molar-refractivity contribution >= 4 is 27.3 Å². The maximum Gasteiger partial charge on any atom is 0.250 e. The van der Waals surface area contributed by atoms with Crippen molar-refractivity contribution in [2.75, 3.05) is 15.5 Å². The van der Waals surface area contributed by atoms with Gasteiger partial charge in [0.15, 0.2) is 0 Å². The minimum atomic E-state index is -3.60. The third-order valence-corrected chi connectivity index (χ3v) is 5.76. The zero-order valence-electron chi connectivity index (χ0n) is 14.6. The Kier molecular flexibility index (Phi) is 4.56. The molecule has 132 valence electrons. The maximum absolute atomic E-state index is 13.2. The monoisotopic (exact) mass is 358 g/mol. The topological polar surface area (TPSA) is 57.7 Å². The van der Waals surface area contributed by atoms with Crippen LogP contribution in [-0.2, 0) is 21.2 Å². The van der Waals surface area contributed by atoms with Crippen LogP contribution in [0.25, 0.3) is 0 Å². The lowest BCUT2D eigenvalue weighted by atomic mass is 10.1. The van der Waals surface area contributed by atoms with E-state index < -0.39 is 16.1 Å². The molecule has 0 radical (unpaired) electrons. The number of rotatable bonds is 4. The molecular weight excluding hydrogens is 336 g/mol. The van der Waals surface area contributed by atoms with Crippen LogP contribution in [0.15, 0.2) is 54.6 Å². The lowest BCUT2D eigenvalue weighted by Gasteiger charge is -2.33. The Morgan fingerprint density at radius 1 is 1.12 bits per heavy atom. The van der Waals surface area contributed by atoms with Crippen LogP contribution in [-0.4, -0.2) is 32.7 Å². The molecule has 5 nitrogen and oxygen atoms in total. The molecule has 0 bridgehead atoms. The number of benzene rings is 2. The van der Waals surface area contributed by atoms with E-state index in [0.29, 0.717) is 5.69 Å². The summed E-state index contributed by atoms with van der Waals surface area (Å²) in [5.41, 5.74) is 2.47. The molecule has 25 heavy (non-hydrogen) atoms. The average molecular weight is 358 g/mol. The van der Waals surface area contributed by atoms with Gasteiger partial charge in [-0.1, -0.05) is 36.4 Å². The zero-order chi connectivity index (χ0) is 18.2. The first-order valence-electron chi connectivity index (χ1n) is 8.26. The van der Waals surface area contributed by atoms with Crippen molar-refractivity contribution in [1.29, 1.82) is 0 Å². The van der Waals surface area contributed by atoms with E-state index in [2.05, 4.69) is 0 Å². The van der Waals surface area contributed by atoms with Gasteiger partial charge in [0.1, 0.15) is 6.04 Å². The van der Waals surface area contributed by atoms with Gasteiger partial charge in [-0.05, 0) is 44.0 Å². The fourth-order valence-electron chi connectivity index (χ4n) is 3.48. The number of hydrogen-bond donors (Lipinski definition) is 0.